The summed E-state index contributed by atoms with van der Waals surface area (Å²) in [5.41, 5.74) is 0. The van der Waals surface area contributed by atoms with Gasteiger partial charge in [0.1, 0.15) is 6.10 Å². The van der Waals surface area contributed by atoms with Crippen LogP contribution in [0.5, 0.6) is 0 Å². The van der Waals surface area contributed by atoms with Gasteiger partial charge in [0.25, 0.3) is 0 Å². The molecule has 0 fully saturated rings. The van der Waals surface area contributed by atoms with E-state index >= 15 is 0 Å². The van der Waals surface area contributed by atoms with Gasteiger partial charge in [-0.05, 0) is 25.8 Å². The molecule has 0 saturated heterocycles. The van der Waals surface area contributed by atoms with Crippen molar-refractivity contribution in [2.45, 2.75) is 53.1 Å². The molecule has 0 aromatic carbocycles. The molecule has 2 atom stereocenters. The molecule has 0 aliphatic carbocycles. The molecular formula is C12H22O2. The molecule has 0 bridgehead atoms. The summed E-state index contributed by atoms with van der Waals surface area (Å²) >= 11 is 0. The van der Waals surface area contributed by atoms with Gasteiger partial charge in [0.05, 0.1) is 5.92 Å². The highest BCUT2D eigenvalue weighted by molar-refractivity contribution is 5.72. The predicted octanol–water partition coefficient (Wildman–Crippen LogP) is 3.32. The Kier molecular flexibility index (Phi) is 7.17. The standard InChI is InChI=1S/C12H22O2/c1-5-8-11(9-6-2)14-12(13)10(4)7-3/h5,8,10-11H,6-7,9H2,1-4H3/b8-5+. The van der Waals surface area contributed by atoms with Crippen molar-refractivity contribution in [2.75, 3.05) is 0 Å². The van der Waals surface area contributed by atoms with Crippen molar-refractivity contribution in [1.29, 1.82) is 0 Å². The molecule has 0 rings (SSSR count). The number of allylic oxidation sites excluding steroid dienone is 1. The molecule has 0 saturated carbocycles. The van der Waals surface area contributed by atoms with Gasteiger partial charge in [-0.3, -0.25) is 4.79 Å². The van der Waals surface area contributed by atoms with Gasteiger partial charge in [-0.2, -0.15) is 0 Å². The topological polar surface area (TPSA) is 26.3 Å². The first-order valence-electron chi connectivity index (χ1n) is 5.48. The molecular weight excluding hydrogens is 176 g/mol. The highest BCUT2D eigenvalue weighted by Gasteiger charge is 2.15. The van der Waals surface area contributed by atoms with E-state index in [0.717, 1.165) is 19.3 Å². The summed E-state index contributed by atoms with van der Waals surface area (Å²) < 4.78 is 5.36. The minimum Gasteiger partial charge on any atom is -0.458 e. The van der Waals surface area contributed by atoms with Crippen LogP contribution in [0.4, 0.5) is 0 Å². The highest BCUT2D eigenvalue weighted by atomic mass is 16.5. The van der Waals surface area contributed by atoms with Gasteiger partial charge in [0.15, 0.2) is 0 Å². The van der Waals surface area contributed by atoms with E-state index in [2.05, 4.69) is 6.92 Å². The molecule has 82 valence electrons. The number of rotatable bonds is 6. The van der Waals surface area contributed by atoms with Crippen LogP contribution < -0.4 is 0 Å². The highest BCUT2D eigenvalue weighted by Crippen LogP contribution is 2.10. The maximum atomic E-state index is 11.5. The molecule has 2 unspecified atom stereocenters. The molecule has 0 heterocycles. The van der Waals surface area contributed by atoms with E-state index < -0.39 is 0 Å². The van der Waals surface area contributed by atoms with E-state index in [9.17, 15) is 4.79 Å². The Labute approximate surface area is 87.3 Å². The minimum atomic E-state index is -0.0796. The average Bonchev–Trinajstić information content (AvgIpc) is 2.17. The lowest BCUT2D eigenvalue weighted by Gasteiger charge is -2.16. The molecule has 0 radical (unpaired) electrons. The van der Waals surface area contributed by atoms with Gasteiger partial charge in [-0.15, -0.1) is 0 Å². The van der Waals surface area contributed by atoms with Crippen LogP contribution in [0, 0.1) is 5.92 Å². The van der Waals surface area contributed by atoms with Gasteiger partial charge in [0.2, 0.25) is 0 Å². The largest absolute Gasteiger partial charge is 0.458 e. The normalized spacial score (nSPS) is 15.4. The zero-order valence-corrected chi connectivity index (χ0v) is 9.75. The smallest absolute Gasteiger partial charge is 0.309 e. The number of esters is 1. The predicted molar refractivity (Wildman–Crippen MR) is 59.1 cm³/mol. The first-order valence-corrected chi connectivity index (χ1v) is 5.48. The second-order valence-corrected chi connectivity index (χ2v) is 3.60. The summed E-state index contributed by atoms with van der Waals surface area (Å²) in [6, 6.07) is 0. The van der Waals surface area contributed by atoms with E-state index in [1.165, 1.54) is 0 Å². The van der Waals surface area contributed by atoms with Crippen LogP contribution in [0.3, 0.4) is 0 Å². The van der Waals surface area contributed by atoms with Crippen molar-refractivity contribution in [1.82, 2.24) is 0 Å². The maximum absolute atomic E-state index is 11.5. The van der Waals surface area contributed by atoms with E-state index in [4.69, 9.17) is 4.74 Å². The zero-order chi connectivity index (χ0) is 11.0. The monoisotopic (exact) mass is 198 g/mol. The first-order chi connectivity index (χ1) is 6.65. The number of hydrogen-bond acceptors (Lipinski definition) is 2. The van der Waals surface area contributed by atoms with Crippen LogP contribution in [-0.2, 0) is 9.53 Å². The second kappa shape index (κ2) is 7.60. The van der Waals surface area contributed by atoms with E-state index in [0.29, 0.717) is 0 Å². The lowest BCUT2D eigenvalue weighted by atomic mass is 10.1. The Morgan fingerprint density at radius 2 is 2.07 bits per heavy atom. The summed E-state index contributed by atoms with van der Waals surface area (Å²) in [4.78, 5) is 11.5. The molecule has 14 heavy (non-hydrogen) atoms. The molecule has 2 nitrogen and oxygen atoms in total. The van der Waals surface area contributed by atoms with Crippen molar-refractivity contribution in [3.63, 3.8) is 0 Å². The molecule has 0 aromatic rings. The Bertz CT molecular complexity index is 185. The van der Waals surface area contributed by atoms with Crippen molar-refractivity contribution in [3.8, 4) is 0 Å². The van der Waals surface area contributed by atoms with Crippen LogP contribution >= 0.6 is 0 Å². The lowest BCUT2D eigenvalue weighted by Crippen LogP contribution is -2.21. The minimum absolute atomic E-state index is 0.0135. The number of ether oxygens (including phenoxy) is 1. The van der Waals surface area contributed by atoms with Crippen molar-refractivity contribution >= 4 is 5.97 Å². The summed E-state index contributed by atoms with van der Waals surface area (Å²) in [6.45, 7) is 7.94. The number of hydrogen-bond donors (Lipinski definition) is 0. The molecule has 0 N–H and O–H groups in total. The fourth-order valence-electron chi connectivity index (χ4n) is 1.13. The van der Waals surface area contributed by atoms with Crippen LogP contribution in [0.1, 0.15) is 47.0 Å². The van der Waals surface area contributed by atoms with Gasteiger partial charge >= 0.3 is 5.97 Å². The fraction of sp³-hybridized carbons (Fsp3) is 0.750. The number of carbonyl (C=O) groups is 1. The van der Waals surface area contributed by atoms with Gasteiger partial charge in [0, 0.05) is 0 Å². The van der Waals surface area contributed by atoms with E-state index in [1.54, 1.807) is 0 Å². The third-order valence-corrected chi connectivity index (χ3v) is 2.26. The van der Waals surface area contributed by atoms with Crippen molar-refractivity contribution in [3.05, 3.63) is 12.2 Å². The number of carbonyl (C=O) groups excluding carboxylic acids is 1. The molecule has 0 aromatic heterocycles. The molecule has 0 aliphatic heterocycles. The van der Waals surface area contributed by atoms with Crippen molar-refractivity contribution in [2.24, 2.45) is 5.92 Å². The maximum Gasteiger partial charge on any atom is 0.309 e. The first kappa shape index (κ1) is 13.2. The molecule has 0 spiro atoms. The Morgan fingerprint density at radius 1 is 1.43 bits per heavy atom. The zero-order valence-electron chi connectivity index (χ0n) is 9.75. The SMILES string of the molecule is C/C=C/C(CCC)OC(=O)C(C)CC. The summed E-state index contributed by atoms with van der Waals surface area (Å²) in [5.74, 6) is -0.0661. The average molecular weight is 198 g/mol. The molecule has 0 amide bonds. The second-order valence-electron chi connectivity index (χ2n) is 3.60. The van der Waals surface area contributed by atoms with Crippen LogP contribution in [0.25, 0.3) is 0 Å². The Morgan fingerprint density at radius 3 is 2.50 bits per heavy atom. The van der Waals surface area contributed by atoms with Crippen LogP contribution in [-0.4, -0.2) is 12.1 Å². The van der Waals surface area contributed by atoms with Gasteiger partial charge < -0.3 is 4.74 Å². The third kappa shape index (κ3) is 5.05. The van der Waals surface area contributed by atoms with Gasteiger partial charge in [-0.1, -0.05) is 33.3 Å². The van der Waals surface area contributed by atoms with Crippen LogP contribution in [0.2, 0.25) is 0 Å². The molecule has 2 heteroatoms. The lowest BCUT2D eigenvalue weighted by molar-refractivity contribution is -0.151. The Hall–Kier alpha value is -0.790. The molecule has 0 aliphatic rings. The van der Waals surface area contributed by atoms with Gasteiger partial charge in [-0.25, -0.2) is 0 Å². The third-order valence-electron chi connectivity index (χ3n) is 2.26. The van der Waals surface area contributed by atoms with Crippen molar-refractivity contribution < 1.29 is 9.53 Å². The fourth-order valence-corrected chi connectivity index (χ4v) is 1.13. The Balaban J connectivity index is 4.08. The summed E-state index contributed by atoms with van der Waals surface area (Å²) in [7, 11) is 0. The van der Waals surface area contributed by atoms with E-state index in [1.807, 2.05) is 32.9 Å². The van der Waals surface area contributed by atoms with E-state index in [-0.39, 0.29) is 18.0 Å². The summed E-state index contributed by atoms with van der Waals surface area (Å²) in [5, 5.41) is 0. The quantitative estimate of drug-likeness (QED) is 0.483. The van der Waals surface area contributed by atoms with Crippen LogP contribution in [0.15, 0.2) is 12.2 Å². The summed E-state index contributed by atoms with van der Waals surface area (Å²) in [6.07, 6.45) is 6.63.